The van der Waals surface area contributed by atoms with Crippen LogP contribution in [0.15, 0.2) is 35.7 Å². The van der Waals surface area contributed by atoms with E-state index in [2.05, 4.69) is 57.3 Å². The van der Waals surface area contributed by atoms with E-state index in [-0.39, 0.29) is 10.8 Å². The molecule has 2 aromatic rings. The molecule has 132 valence electrons. The minimum absolute atomic E-state index is 0.227. The van der Waals surface area contributed by atoms with Crippen molar-refractivity contribution in [3.8, 4) is 0 Å². The Kier molecular flexibility index (Phi) is 4.63. The summed E-state index contributed by atoms with van der Waals surface area (Å²) in [5, 5.41) is 10.9. The summed E-state index contributed by atoms with van der Waals surface area (Å²) < 4.78 is 0. The van der Waals surface area contributed by atoms with Crippen molar-refractivity contribution in [2.75, 3.05) is 0 Å². The number of carboxylic acid groups (broad SMARTS) is 1. The van der Waals surface area contributed by atoms with Gasteiger partial charge in [0, 0.05) is 11.0 Å². The second kappa shape index (κ2) is 6.45. The van der Waals surface area contributed by atoms with Gasteiger partial charge in [0.1, 0.15) is 0 Å². The highest BCUT2D eigenvalue weighted by Gasteiger charge is 2.36. The predicted molar refractivity (Wildman–Crippen MR) is 106 cm³/mol. The van der Waals surface area contributed by atoms with Crippen LogP contribution in [0.3, 0.4) is 0 Å². The maximum Gasteiger partial charge on any atom is 0.328 e. The van der Waals surface area contributed by atoms with Gasteiger partial charge in [0.2, 0.25) is 0 Å². The van der Waals surface area contributed by atoms with E-state index in [1.54, 1.807) is 17.4 Å². The molecule has 0 unspecified atom stereocenters. The van der Waals surface area contributed by atoms with Gasteiger partial charge in [-0.2, -0.15) is 0 Å². The van der Waals surface area contributed by atoms with E-state index in [4.69, 9.17) is 5.11 Å². The maximum absolute atomic E-state index is 10.6. The molecule has 1 heterocycles. The lowest BCUT2D eigenvalue weighted by molar-refractivity contribution is -0.131. The Labute approximate surface area is 154 Å². The number of hydrogen-bond donors (Lipinski definition) is 1. The molecule has 3 rings (SSSR count). The predicted octanol–water partition coefficient (Wildman–Crippen LogP) is 5.79. The number of benzene rings is 1. The molecule has 0 bridgehead atoms. The Morgan fingerprint density at radius 2 is 1.76 bits per heavy atom. The fourth-order valence-electron chi connectivity index (χ4n) is 3.71. The molecule has 2 nitrogen and oxygen atoms in total. The van der Waals surface area contributed by atoms with Gasteiger partial charge in [-0.1, -0.05) is 45.9 Å². The van der Waals surface area contributed by atoms with Crippen LogP contribution in [0.1, 0.15) is 67.7 Å². The highest BCUT2D eigenvalue weighted by atomic mass is 32.1. The molecule has 1 aliphatic carbocycles. The van der Waals surface area contributed by atoms with E-state index in [9.17, 15) is 4.79 Å². The van der Waals surface area contributed by atoms with Crippen molar-refractivity contribution in [1.82, 2.24) is 0 Å². The summed E-state index contributed by atoms with van der Waals surface area (Å²) in [4.78, 5) is 11.6. The van der Waals surface area contributed by atoms with Crippen molar-refractivity contribution in [1.29, 1.82) is 0 Å². The average Bonchev–Trinajstić information content (AvgIpc) is 2.97. The third-order valence-electron chi connectivity index (χ3n) is 5.39. The number of carbonyl (C=O) groups is 1. The number of fused-ring (bicyclic) bond motifs is 1. The molecule has 0 saturated heterocycles. The molecule has 0 radical (unpaired) electrons. The number of aliphatic carboxylic acids is 1. The minimum Gasteiger partial charge on any atom is -0.478 e. The van der Waals surface area contributed by atoms with Crippen LogP contribution >= 0.6 is 11.3 Å². The molecule has 3 heteroatoms. The van der Waals surface area contributed by atoms with E-state index >= 15 is 0 Å². The topological polar surface area (TPSA) is 37.3 Å². The van der Waals surface area contributed by atoms with E-state index in [1.807, 2.05) is 0 Å². The first-order valence-electron chi connectivity index (χ1n) is 8.80. The third kappa shape index (κ3) is 3.87. The van der Waals surface area contributed by atoms with Crippen molar-refractivity contribution in [2.24, 2.45) is 0 Å². The Balaban J connectivity index is 1.87. The van der Waals surface area contributed by atoms with Crippen molar-refractivity contribution < 1.29 is 9.90 Å². The Morgan fingerprint density at radius 3 is 2.44 bits per heavy atom. The normalized spacial score (nSPS) is 18.2. The van der Waals surface area contributed by atoms with E-state index < -0.39 is 5.97 Å². The fourth-order valence-corrected chi connectivity index (χ4v) is 4.51. The summed E-state index contributed by atoms with van der Waals surface area (Å²) in [7, 11) is 0. The van der Waals surface area contributed by atoms with Crippen molar-refractivity contribution in [3.63, 3.8) is 0 Å². The summed E-state index contributed by atoms with van der Waals surface area (Å²) >= 11 is 1.59. The highest BCUT2D eigenvalue weighted by molar-refractivity contribution is 7.11. The molecule has 0 saturated carbocycles. The monoisotopic (exact) mass is 354 g/mol. The van der Waals surface area contributed by atoms with Gasteiger partial charge in [-0.15, -0.1) is 11.3 Å². The van der Waals surface area contributed by atoms with E-state index in [1.165, 1.54) is 41.2 Å². The molecule has 0 atom stereocenters. The fraction of sp³-hybridized carbons (Fsp3) is 0.409. The van der Waals surface area contributed by atoms with Crippen LogP contribution in [-0.4, -0.2) is 11.1 Å². The summed E-state index contributed by atoms with van der Waals surface area (Å²) in [6, 6.07) is 9.05. The largest absolute Gasteiger partial charge is 0.478 e. The molecule has 25 heavy (non-hydrogen) atoms. The second-order valence-electron chi connectivity index (χ2n) is 8.35. The number of rotatable bonds is 4. The first kappa shape index (κ1) is 17.9. The number of carboxylic acids is 1. The SMILES string of the molecule is CC1(C)CCC(C)(C)c2cc(Cc3csc(/C=C/C(=O)O)c3)ccc21. The Bertz CT molecular complexity index is 824. The molecule has 1 aliphatic rings. The standard InChI is InChI=1S/C22H26O2S/c1-21(2)9-10-22(3,4)19-13-15(5-7-18(19)21)11-16-12-17(25-14-16)6-8-20(23)24/h5-8,12-14H,9-11H2,1-4H3,(H,23,24)/b8-6+. The van der Waals surface area contributed by atoms with Gasteiger partial charge in [0.05, 0.1) is 0 Å². The maximum atomic E-state index is 10.6. The third-order valence-corrected chi connectivity index (χ3v) is 6.34. The molecule has 0 amide bonds. The van der Waals surface area contributed by atoms with Crippen molar-refractivity contribution in [2.45, 2.75) is 57.8 Å². The van der Waals surface area contributed by atoms with Crippen molar-refractivity contribution >= 4 is 23.4 Å². The quantitative estimate of drug-likeness (QED) is 0.706. The summed E-state index contributed by atoms with van der Waals surface area (Å²) in [5.74, 6) is -0.908. The first-order chi connectivity index (χ1) is 11.7. The van der Waals surface area contributed by atoms with E-state index in [0.717, 1.165) is 11.3 Å². The molecule has 1 N–H and O–H groups in total. The van der Waals surface area contributed by atoms with Crippen LogP contribution in [0.4, 0.5) is 0 Å². The van der Waals surface area contributed by atoms with E-state index in [0.29, 0.717) is 0 Å². The Hall–Kier alpha value is -1.87. The van der Waals surface area contributed by atoms with Crippen LogP contribution in [0.2, 0.25) is 0 Å². The molecule has 1 aromatic heterocycles. The second-order valence-corrected chi connectivity index (χ2v) is 9.30. The minimum atomic E-state index is -0.908. The Morgan fingerprint density at radius 1 is 1.08 bits per heavy atom. The molecular formula is C22H26O2S. The lowest BCUT2D eigenvalue weighted by Gasteiger charge is -2.42. The summed E-state index contributed by atoms with van der Waals surface area (Å²) in [5.41, 5.74) is 6.02. The van der Waals surface area contributed by atoms with Gasteiger partial charge in [-0.25, -0.2) is 4.79 Å². The lowest BCUT2D eigenvalue weighted by Crippen LogP contribution is -2.33. The number of thiophene rings is 1. The number of hydrogen-bond acceptors (Lipinski definition) is 2. The zero-order chi connectivity index (χ0) is 18.2. The van der Waals surface area contributed by atoms with Crippen LogP contribution in [0.25, 0.3) is 6.08 Å². The first-order valence-corrected chi connectivity index (χ1v) is 9.68. The molecule has 0 fully saturated rings. The molecule has 0 spiro atoms. The molecule has 1 aromatic carbocycles. The summed E-state index contributed by atoms with van der Waals surface area (Å²) in [6.07, 6.45) is 6.20. The van der Waals surface area contributed by atoms with Gasteiger partial charge in [-0.3, -0.25) is 0 Å². The van der Waals surface area contributed by atoms with Crippen molar-refractivity contribution in [3.05, 3.63) is 62.9 Å². The zero-order valence-electron chi connectivity index (χ0n) is 15.4. The molecular weight excluding hydrogens is 328 g/mol. The van der Waals surface area contributed by atoms with Gasteiger partial charge >= 0.3 is 5.97 Å². The summed E-state index contributed by atoms with van der Waals surface area (Å²) in [6.45, 7) is 9.40. The van der Waals surface area contributed by atoms with Crippen LogP contribution in [0, 0.1) is 0 Å². The van der Waals surface area contributed by atoms with Gasteiger partial charge in [0.25, 0.3) is 0 Å². The highest BCUT2D eigenvalue weighted by Crippen LogP contribution is 2.46. The van der Waals surface area contributed by atoms with Crippen LogP contribution in [0.5, 0.6) is 0 Å². The van der Waals surface area contributed by atoms with Gasteiger partial charge in [0.15, 0.2) is 0 Å². The van der Waals surface area contributed by atoms with Gasteiger partial charge in [-0.05, 0) is 69.9 Å². The zero-order valence-corrected chi connectivity index (χ0v) is 16.2. The lowest BCUT2D eigenvalue weighted by atomic mass is 9.63. The van der Waals surface area contributed by atoms with Crippen LogP contribution in [-0.2, 0) is 22.0 Å². The molecule has 0 aliphatic heterocycles. The van der Waals surface area contributed by atoms with Crippen LogP contribution < -0.4 is 0 Å². The average molecular weight is 355 g/mol. The smallest absolute Gasteiger partial charge is 0.328 e. The van der Waals surface area contributed by atoms with Gasteiger partial charge < -0.3 is 5.11 Å².